The van der Waals surface area contributed by atoms with Gasteiger partial charge in [-0.2, -0.15) is 0 Å². The maximum absolute atomic E-state index is 12.2. The van der Waals surface area contributed by atoms with E-state index in [-0.39, 0.29) is 34.5 Å². The normalized spacial score (nSPS) is 8.60. The molecule has 0 bridgehead atoms. The fourth-order valence-corrected chi connectivity index (χ4v) is 0.602. The largest absolute Gasteiger partial charge is 1.00 e. The summed E-state index contributed by atoms with van der Waals surface area (Å²) < 4.78 is 24.3. The van der Waals surface area contributed by atoms with Crippen LogP contribution in [-0.2, 0) is 12.6 Å². The molecule has 0 unspecified atom stereocenters. The molecule has 0 aliphatic heterocycles. The molecule has 0 N–H and O–H groups in total. The summed E-state index contributed by atoms with van der Waals surface area (Å²) in [7, 11) is 0. The first kappa shape index (κ1) is 10.3. The van der Waals surface area contributed by atoms with Gasteiger partial charge < -0.3 is 12.6 Å². The molecule has 0 atom stereocenters. The van der Waals surface area contributed by atoms with Gasteiger partial charge >= 0.3 is 29.6 Å². The van der Waals surface area contributed by atoms with Gasteiger partial charge in [0.05, 0.1) is 0 Å². The van der Waals surface area contributed by atoms with Crippen molar-refractivity contribution in [2.24, 2.45) is 0 Å². The molecule has 1 aromatic rings. The van der Waals surface area contributed by atoms with Gasteiger partial charge in [-0.15, -0.1) is 4.90 Å². The van der Waals surface area contributed by atoms with Crippen LogP contribution in [-0.4, -0.2) is 0 Å². The molecule has 4 heteroatoms. The van der Waals surface area contributed by atoms with Gasteiger partial charge in [0.1, 0.15) is 11.6 Å². The third kappa shape index (κ3) is 2.50. The van der Waals surface area contributed by atoms with E-state index in [1.54, 1.807) is 0 Å². The van der Waals surface area contributed by atoms with Crippen molar-refractivity contribution in [3.05, 3.63) is 29.8 Å². The Labute approximate surface area is 85.3 Å². The van der Waals surface area contributed by atoms with Crippen LogP contribution in [0.25, 0.3) is 0 Å². The topological polar surface area (TPSA) is 0 Å². The Kier molecular flexibility index (Phi) is 4.36. The summed E-state index contributed by atoms with van der Waals surface area (Å²) in [6.07, 6.45) is 0. The third-order valence-corrected chi connectivity index (χ3v) is 1.23. The van der Waals surface area contributed by atoms with E-state index in [1.165, 1.54) is 6.07 Å². The van der Waals surface area contributed by atoms with E-state index in [1.807, 2.05) is 0 Å². The van der Waals surface area contributed by atoms with Crippen LogP contribution < -0.4 is 29.6 Å². The Balaban J connectivity index is 0.000000810. The molecule has 1 aromatic carbocycles. The summed E-state index contributed by atoms with van der Waals surface area (Å²) in [5.41, 5.74) is 0. The van der Waals surface area contributed by atoms with Crippen molar-refractivity contribution in [1.82, 2.24) is 0 Å². The van der Waals surface area contributed by atoms with Gasteiger partial charge in [0.15, 0.2) is 0 Å². The molecule has 0 radical (unpaired) electrons. The Morgan fingerprint density at radius 2 is 1.80 bits per heavy atom. The minimum absolute atomic E-state index is 0. The van der Waals surface area contributed by atoms with Crippen LogP contribution >= 0.6 is 0 Å². The van der Waals surface area contributed by atoms with E-state index >= 15 is 0 Å². The smallest absolute Gasteiger partial charge is 0.777 e. The number of hydrogen-bond acceptors (Lipinski definition) is 1. The van der Waals surface area contributed by atoms with Crippen molar-refractivity contribution in [3.8, 4) is 0 Å². The Bertz CT molecular complexity index is 227. The van der Waals surface area contributed by atoms with E-state index in [0.717, 1.165) is 12.1 Å². The average Bonchev–Trinajstić information content (AvgIpc) is 1.80. The zero-order valence-electron chi connectivity index (χ0n) is 5.40. The first-order chi connectivity index (χ1) is 4.20. The van der Waals surface area contributed by atoms with Crippen molar-refractivity contribution >= 4 is 12.6 Å². The predicted octanol–water partition coefficient (Wildman–Crippen LogP) is -1.13. The van der Waals surface area contributed by atoms with E-state index < -0.39 is 11.6 Å². The van der Waals surface area contributed by atoms with Crippen molar-refractivity contribution in [2.45, 2.75) is 4.90 Å². The Morgan fingerprint density at radius 3 is 2.20 bits per heavy atom. The molecule has 0 aliphatic rings. The molecule has 0 saturated heterocycles. The van der Waals surface area contributed by atoms with Gasteiger partial charge in [0.25, 0.3) is 0 Å². The second-order valence-corrected chi connectivity index (χ2v) is 2.01. The maximum Gasteiger partial charge on any atom is 1.00 e. The van der Waals surface area contributed by atoms with Gasteiger partial charge in [-0.3, -0.25) is 0 Å². The Hall–Kier alpha value is 0.300. The van der Waals surface area contributed by atoms with E-state index in [0.29, 0.717) is 0 Å². The van der Waals surface area contributed by atoms with Gasteiger partial charge in [0, 0.05) is 6.07 Å². The van der Waals surface area contributed by atoms with Crippen molar-refractivity contribution in [1.29, 1.82) is 0 Å². The van der Waals surface area contributed by atoms with Crippen LogP contribution in [0.2, 0.25) is 0 Å². The second-order valence-electron chi connectivity index (χ2n) is 1.57. The summed E-state index contributed by atoms with van der Waals surface area (Å²) in [4.78, 5) is 0.0522. The summed E-state index contributed by atoms with van der Waals surface area (Å²) in [6, 6.07) is 3.12. The number of halogens is 2. The van der Waals surface area contributed by atoms with Crippen LogP contribution in [0.1, 0.15) is 0 Å². The molecule has 0 saturated carbocycles. The van der Waals surface area contributed by atoms with Crippen molar-refractivity contribution in [3.63, 3.8) is 0 Å². The molecule has 0 aromatic heterocycles. The molecule has 1 rings (SSSR count). The molecule has 48 valence electrons. The molecule has 0 amide bonds. The van der Waals surface area contributed by atoms with Crippen LogP contribution in [0, 0.1) is 11.6 Å². The quantitative estimate of drug-likeness (QED) is 0.349. The Morgan fingerprint density at radius 1 is 1.20 bits per heavy atom. The molecule has 10 heavy (non-hydrogen) atoms. The third-order valence-electron chi connectivity index (χ3n) is 0.894. The van der Waals surface area contributed by atoms with Crippen LogP contribution in [0.5, 0.6) is 0 Å². The minimum atomic E-state index is -0.676. The predicted molar refractivity (Wildman–Crippen MR) is 32.0 cm³/mol. The molecular weight excluding hydrogens is 165 g/mol. The van der Waals surface area contributed by atoms with Crippen LogP contribution in [0.4, 0.5) is 8.78 Å². The molecule has 0 aliphatic carbocycles. The summed E-state index contributed by atoms with van der Waals surface area (Å²) >= 11 is 4.47. The van der Waals surface area contributed by atoms with E-state index in [2.05, 4.69) is 12.6 Å². The average molecular weight is 168 g/mol. The number of benzene rings is 1. The van der Waals surface area contributed by atoms with Crippen LogP contribution in [0.15, 0.2) is 23.1 Å². The molecule has 0 heterocycles. The second kappa shape index (κ2) is 4.23. The SMILES string of the molecule is Fc1ccc([S-])c(F)c1.[Na+]. The summed E-state index contributed by atoms with van der Waals surface area (Å²) in [5, 5.41) is 0. The monoisotopic (exact) mass is 168 g/mol. The van der Waals surface area contributed by atoms with Gasteiger partial charge in [-0.1, -0.05) is 6.07 Å². The zero-order valence-corrected chi connectivity index (χ0v) is 8.21. The number of rotatable bonds is 0. The van der Waals surface area contributed by atoms with E-state index in [9.17, 15) is 8.78 Å². The van der Waals surface area contributed by atoms with Crippen LogP contribution in [0.3, 0.4) is 0 Å². The molecule has 0 spiro atoms. The fraction of sp³-hybridized carbons (Fsp3) is 0. The zero-order chi connectivity index (χ0) is 6.85. The number of hydrogen-bond donors (Lipinski definition) is 0. The molecule has 0 fully saturated rings. The van der Waals surface area contributed by atoms with E-state index in [4.69, 9.17) is 0 Å². The fourth-order valence-electron chi connectivity index (χ4n) is 0.475. The first-order valence-electron chi connectivity index (χ1n) is 2.32. The van der Waals surface area contributed by atoms with Gasteiger partial charge in [-0.25, -0.2) is 8.78 Å². The van der Waals surface area contributed by atoms with Crippen molar-refractivity contribution in [2.75, 3.05) is 0 Å². The minimum Gasteiger partial charge on any atom is -0.777 e. The summed E-state index contributed by atoms with van der Waals surface area (Å²) in [6.45, 7) is 0. The van der Waals surface area contributed by atoms with Gasteiger partial charge in [-0.05, 0) is 6.07 Å². The maximum atomic E-state index is 12.2. The molecule has 0 nitrogen and oxygen atoms in total. The first-order valence-corrected chi connectivity index (χ1v) is 2.73. The molecular formula is C6H3F2NaS. The van der Waals surface area contributed by atoms with Gasteiger partial charge in [0.2, 0.25) is 0 Å². The van der Waals surface area contributed by atoms with Crippen molar-refractivity contribution < 1.29 is 38.3 Å². The summed E-state index contributed by atoms with van der Waals surface area (Å²) in [5.74, 6) is -1.27. The standard InChI is InChI=1S/C6H4F2S.Na/c7-4-1-2-6(9)5(8)3-4;/h1-3,9H;/q;+1/p-1.